The van der Waals surface area contributed by atoms with Crippen LogP contribution in [0, 0.1) is 5.82 Å². The number of benzene rings is 1. The molecule has 0 saturated heterocycles. The van der Waals surface area contributed by atoms with Gasteiger partial charge in [0, 0.05) is 18.2 Å². The highest BCUT2D eigenvalue weighted by molar-refractivity contribution is 6.30. The lowest BCUT2D eigenvalue weighted by molar-refractivity contribution is 0.178. The molecule has 19 heavy (non-hydrogen) atoms. The summed E-state index contributed by atoms with van der Waals surface area (Å²) in [5.74, 6) is 0.620. The number of hydrogen-bond acceptors (Lipinski definition) is 5. The van der Waals surface area contributed by atoms with Crippen molar-refractivity contribution < 1.29 is 9.13 Å². The number of nitrogens with one attached hydrogen (secondary N) is 1. The van der Waals surface area contributed by atoms with Crippen LogP contribution in [-0.4, -0.2) is 17.1 Å². The van der Waals surface area contributed by atoms with Gasteiger partial charge in [0.25, 0.3) is 0 Å². The van der Waals surface area contributed by atoms with Crippen LogP contribution in [0.15, 0.2) is 24.3 Å². The molecule has 2 aromatic rings. The van der Waals surface area contributed by atoms with Crippen molar-refractivity contribution in [1.82, 2.24) is 9.97 Å². The van der Waals surface area contributed by atoms with Crippen LogP contribution in [0.2, 0.25) is 5.02 Å². The van der Waals surface area contributed by atoms with Gasteiger partial charge in [-0.1, -0.05) is 11.6 Å². The van der Waals surface area contributed by atoms with Crippen LogP contribution < -0.4 is 11.1 Å². The minimum absolute atomic E-state index is 0.217. The van der Waals surface area contributed by atoms with Crippen molar-refractivity contribution in [1.29, 1.82) is 0 Å². The van der Waals surface area contributed by atoms with Gasteiger partial charge in [0.15, 0.2) is 5.82 Å². The number of nitrogens with two attached hydrogens (primary N) is 1. The molecular formula is C12H12ClFN4O. The lowest BCUT2D eigenvalue weighted by Gasteiger charge is -2.09. The maximum Gasteiger partial charge on any atom is 0.158 e. The van der Waals surface area contributed by atoms with Gasteiger partial charge in [0.1, 0.15) is 24.1 Å². The summed E-state index contributed by atoms with van der Waals surface area (Å²) in [6.45, 7) is 0.220. The van der Waals surface area contributed by atoms with Crippen LogP contribution in [-0.2, 0) is 11.3 Å². The Morgan fingerprint density at radius 2 is 2.16 bits per heavy atom. The summed E-state index contributed by atoms with van der Waals surface area (Å²) in [6.07, 6.45) is 0. The third-order valence-corrected chi connectivity index (χ3v) is 2.49. The van der Waals surface area contributed by atoms with E-state index >= 15 is 0 Å². The molecule has 0 aliphatic rings. The van der Waals surface area contributed by atoms with E-state index in [9.17, 15) is 4.39 Å². The molecule has 100 valence electrons. The van der Waals surface area contributed by atoms with E-state index in [0.717, 1.165) is 0 Å². The molecule has 1 heterocycles. The zero-order valence-electron chi connectivity index (χ0n) is 10.2. The number of methoxy groups -OCH3 is 1. The number of nitrogens with zero attached hydrogens (tertiary/aromatic N) is 2. The molecule has 0 aliphatic heterocycles. The molecule has 0 saturated carbocycles. The van der Waals surface area contributed by atoms with E-state index in [0.29, 0.717) is 16.7 Å². The Balaban J connectivity index is 2.29. The number of ether oxygens (including phenoxy) is 1. The Labute approximate surface area is 114 Å². The average molecular weight is 283 g/mol. The third kappa shape index (κ3) is 3.52. The number of rotatable bonds is 4. The monoisotopic (exact) mass is 282 g/mol. The van der Waals surface area contributed by atoms with Crippen LogP contribution in [0.4, 0.5) is 21.7 Å². The number of nitrogen functional groups attached to an aromatic ring is 1. The highest BCUT2D eigenvalue weighted by atomic mass is 35.5. The highest BCUT2D eigenvalue weighted by Gasteiger charge is 2.07. The fraction of sp³-hybridized carbons (Fsp3) is 0.167. The first kappa shape index (κ1) is 13.5. The molecule has 0 atom stereocenters. The first-order chi connectivity index (χ1) is 9.08. The average Bonchev–Trinajstić information content (AvgIpc) is 2.33. The highest BCUT2D eigenvalue weighted by Crippen LogP contribution is 2.23. The molecule has 0 unspecified atom stereocenters. The number of halogens is 2. The summed E-state index contributed by atoms with van der Waals surface area (Å²) in [5, 5.41) is 3.23. The van der Waals surface area contributed by atoms with E-state index in [1.807, 2.05) is 0 Å². The van der Waals surface area contributed by atoms with Crippen molar-refractivity contribution in [3.63, 3.8) is 0 Å². The maximum atomic E-state index is 13.6. The largest absolute Gasteiger partial charge is 0.384 e. The Morgan fingerprint density at radius 3 is 2.89 bits per heavy atom. The van der Waals surface area contributed by atoms with Gasteiger partial charge < -0.3 is 15.8 Å². The number of anilines is 3. The first-order valence-corrected chi connectivity index (χ1v) is 5.80. The van der Waals surface area contributed by atoms with Gasteiger partial charge in [0.2, 0.25) is 0 Å². The van der Waals surface area contributed by atoms with E-state index in [4.69, 9.17) is 22.1 Å². The second-order valence-corrected chi connectivity index (χ2v) is 4.21. The van der Waals surface area contributed by atoms with Crippen molar-refractivity contribution in [3.8, 4) is 0 Å². The molecule has 0 bridgehead atoms. The topological polar surface area (TPSA) is 73.1 Å². The van der Waals surface area contributed by atoms with Crippen LogP contribution in [0.3, 0.4) is 0 Å². The summed E-state index contributed by atoms with van der Waals surface area (Å²) in [4.78, 5) is 8.14. The van der Waals surface area contributed by atoms with E-state index in [1.165, 1.54) is 31.4 Å². The van der Waals surface area contributed by atoms with Gasteiger partial charge in [0.05, 0.1) is 5.69 Å². The molecule has 1 aromatic carbocycles. The molecule has 7 heteroatoms. The van der Waals surface area contributed by atoms with Crippen molar-refractivity contribution in [2.75, 3.05) is 18.2 Å². The summed E-state index contributed by atoms with van der Waals surface area (Å²) in [7, 11) is 1.52. The van der Waals surface area contributed by atoms with Crippen molar-refractivity contribution in [3.05, 3.63) is 40.9 Å². The normalized spacial score (nSPS) is 10.5. The van der Waals surface area contributed by atoms with Gasteiger partial charge in [-0.15, -0.1) is 0 Å². The molecule has 5 nitrogen and oxygen atoms in total. The molecule has 0 spiro atoms. The Kier molecular flexibility index (Phi) is 4.13. The predicted molar refractivity (Wildman–Crippen MR) is 71.9 cm³/mol. The van der Waals surface area contributed by atoms with Crippen molar-refractivity contribution >= 4 is 28.9 Å². The maximum absolute atomic E-state index is 13.6. The Hall–Kier alpha value is -1.92. The summed E-state index contributed by atoms with van der Waals surface area (Å²) < 4.78 is 18.5. The molecule has 0 aliphatic carbocycles. The second-order valence-electron chi connectivity index (χ2n) is 3.78. The van der Waals surface area contributed by atoms with Crippen LogP contribution in [0.5, 0.6) is 0 Å². The molecular weight excluding hydrogens is 271 g/mol. The van der Waals surface area contributed by atoms with Gasteiger partial charge >= 0.3 is 0 Å². The zero-order chi connectivity index (χ0) is 13.8. The minimum atomic E-state index is -0.435. The van der Waals surface area contributed by atoms with Gasteiger partial charge in [-0.3, -0.25) is 0 Å². The lowest BCUT2D eigenvalue weighted by Crippen LogP contribution is -2.05. The van der Waals surface area contributed by atoms with Gasteiger partial charge in [-0.05, 0) is 18.2 Å². The molecule has 1 aromatic heterocycles. The third-order valence-electron chi connectivity index (χ3n) is 2.26. The quantitative estimate of drug-likeness (QED) is 0.902. The summed E-state index contributed by atoms with van der Waals surface area (Å²) in [5.41, 5.74) is 5.86. The Bertz CT molecular complexity index is 594. The van der Waals surface area contributed by atoms with Crippen molar-refractivity contribution in [2.24, 2.45) is 0 Å². The van der Waals surface area contributed by atoms with E-state index in [-0.39, 0.29) is 18.1 Å². The number of aromatic nitrogens is 2. The lowest BCUT2D eigenvalue weighted by atomic mass is 10.3. The van der Waals surface area contributed by atoms with E-state index < -0.39 is 5.82 Å². The zero-order valence-corrected chi connectivity index (χ0v) is 10.9. The fourth-order valence-electron chi connectivity index (χ4n) is 1.51. The summed E-state index contributed by atoms with van der Waals surface area (Å²) in [6, 6.07) is 5.70. The molecule has 0 radical (unpaired) electrons. The smallest absolute Gasteiger partial charge is 0.158 e. The second kappa shape index (κ2) is 5.81. The fourth-order valence-corrected chi connectivity index (χ4v) is 1.68. The molecule has 0 amide bonds. The van der Waals surface area contributed by atoms with Crippen LogP contribution >= 0.6 is 11.6 Å². The van der Waals surface area contributed by atoms with Crippen LogP contribution in [0.25, 0.3) is 0 Å². The Morgan fingerprint density at radius 1 is 1.37 bits per heavy atom. The van der Waals surface area contributed by atoms with E-state index in [1.54, 1.807) is 0 Å². The van der Waals surface area contributed by atoms with Gasteiger partial charge in [-0.25, -0.2) is 14.4 Å². The predicted octanol–water partition coefficient (Wildman–Crippen LogP) is 2.74. The van der Waals surface area contributed by atoms with Crippen molar-refractivity contribution in [2.45, 2.75) is 6.61 Å². The number of hydrogen-bond donors (Lipinski definition) is 2. The minimum Gasteiger partial charge on any atom is -0.384 e. The summed E-state index contributed by atoms with van der Waals surface area (Å²) >= 11 is 5.81. The standard InChI is InChI=1S/C12H12ClFN4O/c1-19-6-12-17-10(15)5-11(18-12)16-9-4-7(13)2-3-8(9)14/h2-5H,6H2,1H3,(H3,15,16,17,18). The molecule has 2 rings (SSSR count). The van der Waals surface area contributed by atoms with Crippen LogP contribution in [0.1, 0.15) is 5.82 Å². The first-order valence-electron chi connectivity index (χ1n) is 5.43. The molecule has 0 fully saturated rings. The van der Waals surface area contributed by atoms with Gasteiger partial charge in [-0.2, -0.15) is 0 Å². The molecule has 3 N–H and O–H groups in total. The SMILES string of the molecule is COCc1nc(N)cc(Nc2cc(Cl)ccc2F)n1. The van der Waals surface area contributed by atoms with E-state index in [2.05, 4.69) is 15.3 Å².